The lowest BCUT2D eigenvalue weighted by Gasteiger charge is -2.13. The van der Waals surface area contributed by atoms with E-state index in [1.807, 2.05) is 0 Å². The predicted octanol–water partition coefficient (Wildman–Crippen LogP) is -3.21. The minimum atomic E-state index is -0.921. The lowest BCUT2D eigenvalue weighted by Crippen LogP contribution is -2.45. The normalized spacial score (nSPS) is 26.4. The quantitative estimate of drug-likeness (QED) is 0.155. The van der Waals surface area contributed by atoms with Crippen LogP contribution in [0, 0.1) is 5.92 Å². The summed E-state index contributed by atoms with van der Waals surface area (Å²) >= 11 is 0. The van der Waals surface area contributed by atoms with Crippen molar-refractivity contribution in [2.45, 2.75) is 6.10 Å². The topological polar surface area (TPSA) is 116 Å². The van der Waals surface area contributed by atoms with Gasteiger partial charge in [0.05, 0.1) is 12.7 Å². The van der Waals surface area contributed by atoms with Crippen molar-refractivity contribution in [2.75, 3.05) is 19.7 Å². The van der Waals surface area contributed by atoms with E-state index < -0.39 is 17.9 Å². The molecule has 0 spiro atoms. The Labute approximate surface area is 80.5 Å². The second-order valence-corrected chi connectivity index (χ2v) is 3.19. The number of hydrogen-bond acceptors (Lipinski definition) is 5. The van der Waals surface area contributed by atoms with Crippen molar-refractivity contribution in [3.8, 4) is 0 Å². The van der Waals surface area contributed by atoms with E-state index in [4.69, 9.17) is 10.9 Å². The van der Waals surface area contributed by atoms with Gasteiger partial charge in [0, 0.05) is 19.0 Å². The zero-order chi connectivity index (χ0) is 10.7. The van der Waals surface area contributed by atoms with E-state index in [9.17, 15) is 14.7 Å². The molecule has 1 heterocycles. The van der Waals surface area contributed by atoms with Crippen LogP contribution in [0.5, 0.6) is 0 Å². The standard InChI is InChI=1S/C7H13N3O4/c8-9-6(13)7(14)10-1-4(3-11)5(12)2-10/h4-5,11-12H,1-3,8H2,(H,9,13). The van der Waals surface area contributed by atoms with Crippen LogP contribution in [0.2, 0.25) is 0 Å². The maximum Gasteiger partial charge on any atom is 0.323 e. The monoisotopic (exact) mass is 203 g/mol. The van der Waals surface area contributed by atoms with Crippen LogP contribution in [0.1, 0.15) is 0 Å². The number of aliphatic hydroxyl groups is 2. The Morgan fingerprint density at radius 1 is 1.50 bits per heavy atom. The highest BCUT2D eigenvalue weighted by molar-refractivity contribution is 6.34. The largest absolute Gasteiger partial charge is 0.396 e. The molecule has 0 aromatic rings. The second kappa shape index (κ2) is 4.36. The van der Waals surface area contributed by atoms with Crippen LogP contribution in [0.25, 0.3) is 0 Å². The van der Waals surface area contributed by atoms with Crippen molar-refractivity contribution in [3.63, 3.8) is 0 Å². The zero-order valence-corrected chi connectivity index (χ0v) is 7.51. The molecule has 2 unspecified atom stereocenters. The van der Waals surface area contributed by atoms with Crippen molar-refractivity contribution in [1.82, 2.24) is 10.3 Å². The summed E-state index contributed by atoms with van der Waals surface area (Å²) in [4.78, 5) is 23.2. The Morgan fingerprint density at radius 3 is 2.57 bits per heavy atom. The first-order valence-electron chi connectivity index (χ1n) is 4.19. The molecular formula is C7H13N3O4. The summed E-state index contributed by atoms with van der Waals surface area (Å²) in [6, 6.07) is 0. The van der Waals surface area contributed by atoms with Crippen molar-refractivity contribution in [3.05, 3.63) is 0 Å². The van der Waals surface area contributed by atoms with Crippen molar-refractivity contribution in [2.24, 2.45) is 11.8 Å². The van der Waals surface area contributed by atoms with Gasteiger partial charge in [-0.1, -0.05) is 0 Å². The summed E-state index contributed by atoms with van der Waals surface area (Å²) < 4.78 is 0. The number of nitrogens with zero attached hydrogens (tertiary/aromatic N) is 1. The third-order valence-electron chi connectivity index (χ3n) is 2.25. The van der Waals surface area contributed by atoms with Crippen LogP contribution >= 0.6 is 0 Å². The van der Waals surface area contributed by atoms with Crippen LogP contribution in [0.3, 0.4) is 0 Å². The number of hydrogen-bond donors (Lipinski definition) is 4. The molecule has 1 aliphatic rings. The average molecular weight is 203 g/mol. The third kappa shape index (κ3) is 2.00. The summed E-state index contributed by atoms with van der Waals surface area (Å²) in [5, 5.41) is 18.2. The molecule has 0 aliphatic carbocycles. The number of carbonyl (C=O) groups excluding carboxylic acids is 2. The molecule has 2 atom stereocenters. The molecule has 0 radical (unpaired) electrons. The molecule has 7 nitrogen and oxygen atoms in total. The molecule has 0 saturated carbocycles. The van der Waals surface area contributed by atoms with Gasteiger partial charge >= 0.3 is 11.8 Å². The van der Waals surface area contributed by atoms with Crippen molar-refractivity contribution >= 4 is 11.8 Å². The van der Waals surface area contributed by atoms with E-state index in [1.54, 1.807) is 5.43 Å². The molecular weight excluding hydrogens is 190 g/mol. The van der Waals surface area contributed by atoms with Crippen LogP contribution < -0.4 is 11.3 Å². The molecule has 7 heteroatoms. The highest BCUT2D eigenvalue weighted by Gasteiger charge is 2.35. The van der Waals surface area contributed by atoms with E-state index in [0.29, 0.717) is 0 Å². The number of hydrazine groups is 1. The number of aliphatic hydroxyl groups excluding tert-OH is 2. The van der Waals surface area contributed by atoms with Gasteiger partial charge in [-0.3, -0.25) is 15.0 Å². The summed E-state index contributed by atoms with van der Waals surface area (Å²) in [6.45, 7) is 0.0105. The molecule has 0 aromatic carbocycles. The van der Waals surface area contributed by atoms with Crippen molar-refractivity contribution < 1.29 is 19.8 Å². The van der Waals surface area contributed by atoms with Gasteiger partial charge in [-0.05, 0) is 0 Å². The first kappa shape index (κ1) is 10.9. The second-order valence-electron chi connectivity index (χ2n) is 3.19. The Morgan fingerprint density at radius 2 is 2.14 bits per heavy atom. The van der Waals surface area contributed by atoms with Crippen LogP contribution in [0.4, 0.5) is 0 Å². The van der Waals surface area contributed by atoms with Gasteiger partial charge in [0.2, 0.25) is 0 Å². The highest BCUT2D eigenvalue weighted by atomic mass is 16.3. The highest BCUT2D eigenvalue weighted by Crippen LogP contribution is 2.16. The lowest BCUT2D eigenvalue weighted by atomic mass is 10.1. The van der Waals surface area contributed by atoms with E-state index in [0.717, 1.165) is 4.90 Å². The Balaban J connectivity index is 2.57. The molecule has 1 fully saturated rings. The van der Waals surface area contributed by atoms with Gasteiger partial charge in [-0.15, -0.1) is 0 Å². The molecule has 1 rings (SSSR count). The molecule has 0 aromatic heterocycles. The van der Waals surface area contributed by atoms with Crippen molar-refractivity contribution in [1.29, 1.82) is 0 Å². The molecule has 2 amide bonds. The van der Waals surface area contributed by atoms with Gasteiger partial charge in [-0.2, -0.15) is 0 Å². The third-order valence-corrected chi connectivity index (χ3v) is 2.25. The van der Waals surface area contributed by atoms with Gasteiger partial charge in [0.1, 0.15) is 0 Å². The summed E-state index contributed by atoms with van der Waals surface area (Å²) in [6.07, 6.45) is -0.783. The van der Waals surface area contributed by atoms with Crippen LogP contribution in [-0.2, 0) is 9.59 Å². The molecule has 80 valence electrons. The average Bonchev–Trinajstić information content (AvgIpc) is 2.57. The Kier molecular flexibility index (Phi) is 3.39. The van der Waals surface area contributed by atoms with E-state index >= 15 is 0 Å². The number of carbonyl (C=O) groups is 2. The lowest BCUT2D eigenvalue weighted by molar-refractivity contribution is -0.145. The number of rotatable bonds is 1. The SMILES string of the molecule is NNC(=O)C(=O)N1CC(O)C(CO)C1. The maximum atomic E-state index is 11.2. The first-order chi connectivity index (χ1) is 6.60. The number of β-amino-alcohol motifs (C(OH)–C–C–N with tert-alkyl or cyclic N) is 1. The van der Waals surface area contributed by atoms with Gasteiger partial charge in [0.25, 0.3) is 0 Å². The first-order valence-corrected chi connectivity index (χ1v) is 4.19. The zero-order valence-electron chi connectivity index (χ0n) is 7.51. The fourth-order valence-corrected chi connectivity index (χ4v) is 1.40. The Bertz CT molecular complexity index is 245. The summed E-state index contributed by atoms with van der Waals surface area (Å²) in [5.41, 5.74) is 1.72. The maximum absolute atomic E-state index is 11.2. The smallest absolute Gasteiger partial charge is 0.323 e. The number of nitrogens with two attached hydrogens (primary N) is 1. The molecule has 1 saturated heterocycles. The fourth-order valence-electron chi connectivity index (χ4n) is 1.40. The summed E-state index contributed by atoms with van der Waals surface area (Å²) in [5.74, 6) is 2.69. The summed E-state index contributed by atoms with van der Waals surface area (Å²) in [7, 11) is 0. The van der Waals surface area contributed by atoms with Gasteiger partial charge < -0.3 is 15.1 Å². The Hall–Kier alpha value is -1.18. The van der Waals surface area contributed by atoms with E-state index in [-0.39, 0.29) is 25.6 Å². The number of nitrogens with one attached hydrogen (secondary N) is 1. The van der Waals surface area contributed by atoms with Gasteiger partial charge in [-0.25, -0.2) is 5.84 Å². The minimum Gasteiger partial charge on any atom is -0.396 e. The van der Waals surface area contributed by atoms with E-state index in [1.165, 1.54) is 0 Å². The van der Waals surface area contributed by atoms with Gasteiger partial charge in [0.15, 0.2) is 0 Å². The van der Waals surface area contributed by atoms with Crippen LogP contribution in [0.15, 0.2) is 0 Å². The molecule has 0 bridgehead atoms. The molecule has 5 N–H and O–H groups in total. The predicted molar refractivity (Wildman–Crippen MR) is 45.5 cm³/mol. The van der Waals surface area contributed by atoms with E-state index in [2.05, 4.69) is 0 Å². The minimum absolute atomic E-state index is 0.0531. The fraction of sp³-hybridized carbons (Fsp3) is 0.714. The molecule has 1 aliphatic heterocycles. The van der Waals surface area contributed by atoms with Crippen LogP contribution in [-0.4, -0.2) is 52.7 Å². The molecule has 14 heavy (non-hydrogen) atoms. The number of amides is 2. The number of likely N-dealkylation sites (tertiary alicyclic amines) is 1.